The van der Waals surface area contributed by atoms with Crippen molar-refractivity contribution in [2.24, 2.45) is 5.10 Å². The molecule has 2 heterocycles. The van der Waals surface area contributed by atoms with Gasteiger partial charge in [-0.1, -0.05) is 94.4 Å². The number of benzene rings is 4. The second-order valence-electron chi connectivity index (χ2n) is 9.68. The van der Waals surface area contributed by atoms with Crippen LogP contribution < -0.4 is 14.5 Å². The number of para-hydroxylation sites is 2. The number of hydrogen-bond donors (Lipinski definition) is 0. The van der Waals surface area contributed by atoms with Gasteiger partial charge in [-0.05, 0) is 66.7 Å². The second-order valence-corrected chi connectivity index (χ2v) is 11.7. The smallest absolute Gasteiger partial charge is 0.280 e. The highest BCUT2D eigenvalue weighted by Gasteiger charge is 2.33. The lowest BCUT2D eigenvalue weighted by atomic mass is 10.1. The number of anilines is 1. The summed E-state index contributed by atoms with van der Waals surface area (Å²) >= 11 is 31.8. The Balaban J connectivity index is 1.41. The van der Waals surface area contributed by atoms with Crippen LogP contribution in [0.3, 0.4) is 0 Å². The average Bonchev–Trinajstić information content (AvgIpc) is 3.52. The molecule has 45 heavy (non-hydrogen) atoms. The monoisotopic (exact) mass is 696 g/mol. The van der Waals surface area contributed by atoms with E-state index in [9.17, 15) is 4.79 Å². The molecule has 5 aromatic rings. The summed E-state index contributed by atoms with van der Waals surface area (Å²) < 4.78 is 13.6. The average molecular weight is 699 g/mol. The molecule has 7 nitrogen and oxygen atoms in total. The Morgan fingerprint density at radius 3 is 1.82 bits per heavy atom. The van der Waals surface area contributed by atoms with Gasteiger partial charge in [0.05, 0.1) is 27.0 Å². The van der Waals surface area contributed by atoms with E-state index in [4.69, 9.17) is 72.6 Å². The second kappa shape index (κ2) is 13.6. The van der Waals surface area contributed by atoms with Crippen molar-refractivity contribution in [2.45, 2.75) is 6.61 Å². The van der Waals surface area contributed by atoms with Crippen LogP contribution in [0.1, 0.15) is 11.3 Å². The normalized spacial score (nSPS) is 13.8. The van der Waals surface area contributed by atoms with Crippen LogP contribution in [-0.4, -0.2) is 28.0 Å². The van der Waals surface area contributed by atoms with E-state index < -0.39 is 0 Å². The summed E-state index contributed by atoms with van der Waals surface area (Å²) in [6, 6.07) is 28.2. The van der Waals surface area contributed by atoms with E-state index in [1.807, 2.05) is 48.5 Å². The fourth-order valence-electron chi connectivity index (χ4n) is 4.52. The first-order chi connectivity index (χ1) is 21.8. The molecule has 0 spiro atoms. The highest BCUT2D eigenvalue weighted by atomic mass is 35.5. The van der Waals surface area contributed by atoms with Crippen molar-refractivity contribution in [3.63, 3.8) is 0 Å². The van der Waals surface area contributed by atoms with Crippen molar-refractivity contribution in [3.05, 3.63) is 139 Å². The predicted octanol–water partition coefficient (Wildman–Crippen LogP) is 9.58. The van der Waals surface area contributed by atoms with Gasteiger partial charge in [-0.3, -0.25) is 4.79 Å². The number of ether oxygens (including phenoxy) is 2. The summed E-state index contributed by atoms with van der Waals surface area (Å²) in [5, 5.41) is 12.6. The van der Waals surface area contributed by atoms with E-state index in [-0.39, 0.29) is 29.8 Å². The van der Waals surface area contributed by atoms with Crippen molar-refractivity contribution in [3.8, 4) is 17.2 Å². The molecule has 1 aromatic heterocycles. The zero-order chi connectivity index (χ0) is 31.5. The van der Waals surface area contributed by atoms with E-state index in [1.54, 1.807) is 59.3 Å². The van der Waals surface area contributed by atoms with Gasteiger partial charge in [0.25, 0.3) is 5.91 Å². The molecule has 1 aliphatic heterocycles. The number of hydrogen-bond acceptors (Lipinski definition) is 5. The molecule has 4 aromatic carbocycles. The van der Waals surface area contributed by atoms with Gasteiger partial charge in [0.15, 0.2) is 0 Å². The summed E-state index contributed by atoms with van der Waals surface area (Å²) in [6.07, 6.45) is 1.65. The number of carbonyl (C=O) groups is 1. The van der Waals surface area contributed by atoms with E-state index >= 15 is 0 Å². The van der Waals surface area contributed by atoms with Crippen LogP contribution >= 0.6 is 58.0 Å². The first-order valence-corrected chi connectivity index (χ1v) is 15.3. The van der Waals surface area contributed by atoms with Crippen molar-refractivity contribution in [2.75, 3.05) is 11.6 Å². The molecule has 226 valence electrons. The summed E-state index contributed by atoms with van der Waals surface area (Å²) in [6.45, 7) is -0.0844. The summed E-state index contributed by atoms with van der Waals surface area (Å²) in [5.74, 6) is 0.420. The molecular weight excluding hydrogens is 678 g/mol. The highest BCUT2D eigenvalue weighted by molar-refractivity contribution is 6.37. The van der Waals surface area contributed by atoms with Crippen molar-refractivity contribution >= 4 is 81.4 Å². The quantitative estimate of drug-likeness (QED) is 0.144. The molecule has 0 aliphatic carbocycles. The van der Waals surface area contributed by atoms with Crippen LogP contribution in [0.2, 0.25) is 25.2 Å². The lowest BCUT2D eigenvalue weighted by molar-refractivity contribution is -0.114. The molecule has 0 fully saturated rings. The molecule has 12 heteroatoms. The number of aromatic nitrogens is 2. The van der Waals surface area contributed by atoms with Gasteiger partial charge >= 0.3 is 0 Å². The largest absolute Gasteiger partial charge is 0.486 e. The van der Waals surface area contributed by atoms with E-state index in [0.29, 0.717) is 54.2 Å². The SMILES string of the molecule is O=C1C(=Cc2c(COc3ccc(Cl)cc3Cl)nn(-c3ccccc3)c2Cl)C(COc2ccc(Cl)cc2Cl)=NN1c1ccccc1. The number of rotatable bonds is 9. The predicted molar refractivity (Wildman–Crippen MR) is 181 cm³/mol. The van der Waals surface area contributed by atoms with Gasteiger partial charge in [-0.2, -0.15) is 15.2 Å². The van der Waals surface area contributed by atoms with Crippen molar-refractivity contribution < 1.29 is 14.3 Å². The zero-order valence-electron chi connectivity index (χ0n) is 23.1. The maximum Gasteiger partial charge on any atom is 0.280 e. The van der Waals surface area contributed by atoms with Crippen LogP contribution in [0, 0.1) is 0 Å². The van der Waals surface area contributed by atoms with Crippen molar-refractivity contribution in [1.82, 2.24) is 9.78 Å². The minimum atomic E-state index is -0.377. The minimum Gasteiger partial charge on any atom is -0.486 e. The number of hydrazone groups is 1. The molecule has 1 amide bonds. The molecule has 6 rings (SSSR count). The maximum absolute atomic E-state index is 13.9. The molecular formula is C33H21Cl5N4O3. The van der Waals surface area contributed by atoms with Crippen LogP contribution in [0.4, 0.5) is 5.69 Å². The molecule has 0 unspecified atom stereocenters. The van der Waals surface area contributed by atoms with Crippen LogP contribution in [-0.2, 0) is 11.4 Å². The summed E-state index contributed by atoms with van der Waals surface area (Å²) in [5.41, 5.74) is 2.82. The van der Waals surface area contributed by atoms with Crippen LogP contribution in [0.15, 0.2) is 108 Å². The van der Waals surface area contributed by atoms with Gasteiger partial charge < -0.3 is 9.47 Å². The zero-order valence-corrected chi connectivity index (χ0v) is 26.9. The lowest BCUT2D eigenvalue weighted by Crippen LogP contribution is -2.21. The Morgan fingerprint density at radius 2 is 1.24 bits per heavy atom. The van der Waals surface area contributed by atoms with Crippen LogP contribution in [0.25, 0.3) is 11.8 Å². The molecule has 0 atom stereocenters. The van der Waals surface area contributed by atoms with Crippen molar-refractivity contribution in [1.29, 1.82) is 0 Å². The summed E-state index contributed by atoms with van der Waals surface area (Å²) in [7, 11) is 0. The maximum atomic E-state index is 13.9. The number of halogens is 5. The fraction of sp³-hybridized carbons (Fsp3) is 0.0606. The number of carbonyl (C=O) groups excluding carboxylic acids is 1. The minimum absolute atomic E-state index is 0.0139. The van der Waals surface area contributed by atoms with E-state index in [0.717, 1.165) is 5.69 Å². The number of amides is 1. The van der Waals surface area contributed by atoms with Gasteiger partial charge in [0.2, 0.25) is 0 Å². The van der Waals surface area contributed by atoms with Gasteiger partial charge in [-0.25, -0.2) is 4.68 Å². The Hall–Kier alpha value is -3.98. The van der Waals surface area contributed by atoms with Gasteiger partial charge in [0.1, 0.15) is 41.3 Å². The first-order valence-electron chi connectivity index (χ1n) is 13.5. The number of nitrogens with zero attached hydrogens (tertiary/aromatic N) is 4. The fourth-order valence-corrected chi connectivity index (χ4v) is 5.74. The molecule has 0 saturated carbocycles. The highest BCUT2D eigenvalue weighted by Crippen LogP contribution is 2.33. The molecule has 1 aliphatic rings. The third-order valence-electron chi connectivity index (χ3n) is 6.70. The third-order valence-corrected chi connectivity index (χ3v) is 8.13. The van der Waals surface area contributed by atoms with E-state index in [2.05, 4.69) is 5.10 Å². The molecule has 0 N–H and O–H groups in total. The lowest BCUT2D eigenvalue weighted by Gasteiger charge is -2.11. The standard InChI is InChI=1S/C33H21Cl5N4O3/c34-20-11-13-30(26(36)15-20)44-18-28-24(32(38)41(39-28)22-7-3-1-4-8-22)17-25-29(19-45-31-14-12-21(35)16-27(31)37)40-42(33(25)43)23-9-5-2-6-10-23/h1-17H,18-19H2. The van der Waals surface area contributed by atoms with Gasteiger partial charge in [0, 0.05) is 15.6 Å². The van der Waals surface area contributed by atoms with Gasteiger partial charge in [-0.15, -0.1) is 0 Å². The Morgan fingerprint density at radius 1 is 0.689 bits per heavy atom. The Bertz CT molecular complexity index is 1950. The first kappa shape index (κ1) is 31.0. The van der Waals surface area contributed by atoms with E-state index in [1.165, 1.54) is 5.01 Å². The topological polar surface area (TPSA) is 68.9 Å². The molecule has 0 radical (unpaired) electrons. The summed E-state index contributed by atoms with van der Waals surface area (Å²) in [4.78, 5) is 13.9. The third kappa shape index (κ3) is 6.83. The molecule has 0 saturated heterocycles. The Kier molecular flexibility index (Phi) is 9.35. The van der Waals surface area contributed by atoms with Crippen LogP contribution in [0.5, 0.6) is 11.5 Å². The Labute approximate surface area is 283 Å². The molecule has 0 bridgehead atoms.